The van der Waals surface area contributed by atoms with Gasteiger partial charge in [0, 0.05) is 27.1 Å². The molecule has 178 valence electrons. The molecule has 0 saturated heterocycles. The quantitative estimate of drug-likeness (QED) is 0.296. The second-order valence-electron chi connectivity index (χ2n) is 8.26. The summed E-state index contributed by atoms with van der Waals surface area (Å²) >= 11 is 5.68. The normalized spacial score (nSPS) is 11.7. The van der Waals surface area contributed by atoms with Crippen molar-refractivity contribution in [2.45, 2.75) is 38.9 Å². The standard InChI is InChI=1S/C27H28BrIN2O3/c1-19(2)30-27(33)25(16-20-6-4-3-5-7-20)31(17-21-8-10-22(28)11-9-21)26(32)18-34-24-14-12-23(29)13-15-24/h3-15,19,25H,16-18H2,1-2H3,(H,30,33)/t25-/m0/s1. The molecule has 5 nitrogen and oxygen atoms in total. The third-order valence-electron chi connectivity index (χ3n) is 5.14. The first-order valence-corrected chi connectivity index (χ1v) is 13.0. The van der Waals surface area contributed by atoms with E-state index >= 15 is 0 Å². The second kappa shape index (κ2) is 12.9. The Balaban J connectivity index is 1.89. The van der Waals surface area contributed by atoms with Gasteiger partial charge in [0.05, 0.1) is 0 Å². The molecule has 0 aliphatic rings. The molecule has 1 atom stereocenters. The van der Waals surface area contributed by atoms with Crippen LogP contribution in [0.5, 0.6) is 5.75 Å². The van der Waals surface area contributed by atoms with Crippen LogP contribution in [0.1, 0.15) is 25.0 Å². The zero-order valence-electron chi connectivity index (χ0n) is 19.2. The van der Waals surface area contributed by atoms with Gasteiger partial charge >= 0.3 is 0 Å². The first-order valence-electron chi connectivity index (χ1n) is 11.1. The Kier molecular flexibility index (Phi) is 9.95. The molecule has 0 spiro atoms. The molecule has 3 aromatic rings. The third kappa shape index (κ3) is 8.13. The van der Waals surface area contributed by atoms with Crippen molar-refractivity contribution < 1.29 is 14.3 Å². The fourth-order valence-corrected chi connectivity index (χ4v) is 4.10. The fourth-order valence-electron chi connectivity index (χ4n) is 3.48. The monoisotopic (exact) mass is 634 g/mol. The number of hydrogen-bond acceptors (Lipinski definition) is 3. The summed E-state index contributed by atoms with van der Waals surface area (Å²) in [7, 11) is 0. The van der Waals surface area contributed by atoms with E-state index in [1.54, 1.807) is 4.90 Å². The Morgan fingerprint density at radius 2 is 1.59 bits per heavy atom. The molecule has 0 unspecified atom stereocenters. The van der Waals surface area contributed by atoms with Crippen molar-refractivity contribution in [3.63, 3.8) is 0 Å². The first kappa shape index (κ1) is 26.2. The maximum Gasteiger partial charge on any atom is 0.261 e. The molecule has 0 radical (unpaired) electrons. The highest BCUT2D eigenvalue weighted by molar-refractivity contribution is 14.1. The first-order chi connectivity index (χ1) is 16.3. The summed E-state index contributed by atoms with van der Waals surface area (Å²) in [5, 5.41) is 2.99. The average molecular weight is 635 g/mol. The molecule has 0 aliphatic carbocycles. The van der Waals surface area contributed by atoms with Crippen molar-refractivity contribution >= 4 is 50.3 Å². The van der Waals surface area contributed by atoms with Crippen molar-refractivity contribution in [1.82, 2.24) is 10.2 Å². The van der Waals surface area contributed by atoms with Gasteiger partial charge in [-0.25, -0.2) is 0 Å². The number of nitrogens with one attached hydrogen (secondary N) is 1. The Bertz CT molecular complexity index is 1070. The van der Waals surface area contributed by atoms with E-state index in [-0.39, 0.29) is 24.5 Å². The van der Waals surface area contributed by atoms with Crippen LogP contribution in [0, 0.1) is 3.57 Å². The minimum absolute atomic E-state index is 0.0431. The Morgan fingerprint density at radius 3 is 2.21 bits per heavy atom. The highest BCUT2D eigenvalue weighted by Gasteiger charge is 2.31. The van der Waals surface area contributed by atoms with Gasteiger partial charge in [0.1, 0.15) is 11.8 Å². The topological polar surface area (TPSA) is 58.6 Å². The van der Waals surface area contributed by atoms with Crippen LogP contribution in [-0.4, -0.2) is 35.4 Å². The van der Waals surface area contributed by atoms with Crippen LogP contribution < -0.4 is 10.1 Å². The summed E-state index contributed by atoms with van der Waals surface area (Å²) in [6.45, 7) is 3.97. The van der Waals surface area contributed by atoms with Crippen LogP contribution in [-0.2, 0) is 22.6 Å². The minimum Gasteiger partial charge on any atom is -0.484 e. The fraction of sp³-hybridized carbons (Fsp3) is 0.259. The van der Waals surface area contributed by atoms with Crippen molar-refractivity contribution in [2.24, 2.45) is 0 Å². The largest absolute Gasteiger partial charge is 0.484 e. The van der Waals surface area contributed by atoms with Crippen molar-refractivity contribution in [2.75, 3.05) is 6.61 Å². The average Bonchev–Trinajstić information content (AvgIpc) is 2.82. The molecule has 0 aliphatic heterocycles. The lowest BCUT2D eigenvalue weighted by atomic mass is 10.0. The van der Waals surface area contributed by atoms with E-state index < -0.39 is 6.04 Å². The van der Waals surface area contributed by atoms with Crippen molar-refractivity contribution in [1.29, 1.82) is 0 Å². The maximum atomic E-state index is 13.5. The number of carbonyl (C=O) groups is 2. The van der Waals surface area contributed by atoms with Crippen LogP contribution in [0.25, 0.3) is 0 Å². The molecule has 34 heavy (non-hydrogen) atoms. The van der Waals surface area contributed by atoms with Gasteiger partial charge in [0.15, 0.2) is 6.61 Å². The van der Waals surface area contributed by atoms with Gasteiger partial charge in [-0.1, -0.05) is 58.4 Å². The smallest absolute Gasteiger partial charge is 0.261 e. The van der Waals surface area contributed by atoms with Gasteiger partial charge in [-0.2, -0.15) is 0 Å². The van der Waals surface area contributed by atoms with E-state index in [1.807, 2.05) is 92.7 Å². The molecule has 3 rings (SSSR count). The second-order valence-corrected chi connectivity index (χ2v) is 10.4. The Hall–Kier alpha value is -2.39. The third-order valence-corrected chi connectivity index (χ3v) is 6.39. The molecule has 0 fully saturated rings. The highest BCUT2D eigenvalue weighted by Crippen LogP contribution is 2.18. The SMILES string of the molecule is CC(C)NC(=O)[C@H](Cc1ccccc1)N(Cc1ccc(Br)cc1)C(=O)COc1ccc(I)cc1. The van der Waals surface area contributed by atoms with Crippen LogP contribution in [0.2, 0.25) is 0 Å². The lowest BCUT2D eigenvalue weighted by Gasteiger charge is -2.32. The Labute approximate surface area is 223 Å². The molecule has 1 N–H and O–H groups in total. The van der Waals surface area contributed by atoms with Crippen LogP contribution >= 0.6 is 38.5 Å². The minimum atomic E-state index is -0.679. The van der Waals surface area contributed by atoms with E-state index in [1.165, 1.54) is 0 Å². The molecule has 7 heteroatoms. The summed E-state index contributed by atoms with van der Waals surface area (Å²) in [6, 6.07) is 24.3. The van der Waals surface area contributed by atoms with Gasteiger partial charge in [-0.15, -0.1) is 0 Å². The number of halogens is 2. The summed E-state index contributed by atoms with van der Waals surface area (Å²) in [5.74, 6) is 0.184. The highest BCUT2D eigenvalue weighted by atomic mass is 127. The molecule has 0 heterocycles. The molecular weight excluding hydrogens is 607 g/mol. The summed E-state index contributed by atoms with van der Waals surface area (Å²) in [6.07, 6.45) is 0.408. The number of benzene rings is 3. The number of carbonyl (C=O) groups excluding carboxylic acids is 2. The summed E-state index contributed by atoms with van der Waals surface area (Å²) in [5.41, 5.74) is 1.92. The number of rotatable bonds is 10. The molecule has 2 amide bonds. The van der Waals surface area contributed by atoms with Gasteiger partial charge in [0.2, 0.25) is 5.91 Å². The van der Waals surface area contributed by atoms with Crippen LogP contribution in [0.4, 0.5) is 0 Å². The molecule has 0 aromatic heterocycles. The van der Waals surface area contributed by atoms with E-state index in [2.05, 4.69) is 43.8 Å². The molecular formula is C27H28BrIN2O3. The van der Waals surface area contributed by atoms with Crippen LogP contribution in [0.15, 0.2) is 83.3 Å². The lowest BCUT2D eigenvalue weighted by Crippen LogP contribution is -2.52. The molecule has 0 bridgehead atoms. The maximum absolute atomic E-state index is 13.5. The van der Waals surface area contributed by atoms with E-state index in [4.69, 9.17) is 4.74 Å². The number of ether oxygens (including phenoxy) is 1. The number of hydrogen-bond donors (Lipinski definition) is 1. The Morgan fingerprint density at radius 1 is 0.941 bits per heavy atom. The summed E-state index contributed by atoms with van der Waals surface area (Å²) in [4.78, 5) is 28.4. The van der Waals surface area contributed by atoms with E-state index in [0.29, 0.717) is 18.7 Å². The van der Waals surface area contributed by atoms with Gasteiger partial charge in [-0.05, 0) is 84.0 Å². The van der Waals surface area contributed by atoms with Crippen molar-refractivity contribution in [3.05, 3.63) is 98.0 Å². The zero-order chi connectivity index (χ0) is 24.5. The van der Waals surface area contributed by atoms with Gasteiger partial charge < -0.3 is 15.0 Å². The van der Waals surface area contributed by atoms with Gasteiger partial charge in [0.25, 0.3) is 5.91 Å². The molecule has 0 saturated carbocycles. The van der Waals surface area contributed by atoms with Gasteiger partial charge in [-0.3, -0.25) is 9.59 Å². The summed E-state index contributed by atoms with van der Waals surface area (Å²) < 4.78 is 7.83. The molecule has 3 aromatic carbocycles. The van der Waals surface area contributed by atoms with Crippen LogP contribution in [0.3, 0.4) is 0 Å². The predicted octanol–water partition coefficient (Wildman–Crippen LogP) is 5.60. The number of nitrogens with zero attached hydrogens (tertiary/aromatic N) is 1. The van der Waals surface area contributed by atoms with Crippen molar-refractivity contribution in [3.8, 4) is 5.75 Å². The predicted molar refractivity (Wildman–Crippen MR) is 147 cm³/mol. The lowest BCUT2D eigenvalue weighted by molar-refractivity contribution is -0.143. The van der Waals surface area contributed by atoms with E-state index in [0.717, 1.165) is 19.2 Å². The number of amides is 2. The van der Waals surface area contributed by atoms with E-state index in [9.17, 15) is 9.59 Å². The zero-order valence-corrected chi connectivity index (χ0v) is 23.0.